The van der Waals surface area contributed by atoms with Gasteiger partial charge in [0.05, 0.1) is 10.7 Å². The lowest BCUT2D eigenvalue weighted by atomic mass is 9.92. The van der Waals surface area contributed by atoms with Crippen LogP contribution in [0.25, 0.3) is 0 Å². The van der Waals surface area contributed by atoms with Gasteiger partial charge in [-0.15, -0.1) is 11.3 Å². The number of nitrogens with two attached hydrogens (primary N) is 1. The number of thiazole rings is 1. The topological polar surface area (TPSA) is 42.2 Å². The van der Waals surface area contributed by atoms with Gasteiger partial charge in [0.2, 0.25) is 0 Å². The van der Waals surface area contributed by atoms with Gasteiger partial charge in [-0.3, -0.25) is 0 Å². The molecule has 1 saturated carbocycles. The molecule has 19 heavy (non-hydrogen) atoms. The highest BCUT2D eigenvalue weighted by molar-refractivity contribution is 7.11. The van der Waals surface area contributed by atoms with Gasteiger partial charge < -0.3 is 10.6 Å². The second-order valence-corrected chi connectivity index (χ2v) is 7.67. The average molecular weight is 277 g/mol. The highest BCUT2D eigenvalue weighted by Gasteiger charge is 2.40. The van der Waals surface area contributed by atoms with Crippen LogP contribution in [-0.4, -0.2) is 29.0 Å². The summed E-state index contributed by atoms with van der Waals surface area (Å²) in [6.45, 7) is 0.684. The molecule has 0 amide bonds. The maximum Gasteiger partial charge on any atom is 0.0963 e. The molecule has 0 radical (unpaired) electrons. The molecule has 1 aromatic heterocycles. The molecule has 2 aliphatic heterocycles. The number of nitrogens with zero attached hydrogens (tertiary/aromatic N) is 2. The van der Waals surface area contributed by atoms with E-state index in [0.717, 1.165) is 18.0 Å². The Morgan fingerprint density at radius 2 is 1.84 bits per heavy atom. The van der Waals surface area contributed by atoms with Crippen LogP contribution in [0.15, 0.2) is 0 Å². The first-order valence-electron chi connectivity index (χ1n) is 7.67. The first-order valence-corrected chi connectivity index (χ1v) is 8.49. The van der Waals surface area contributed by atoms with Gasteiger partial charge in [0.25, 0.3) is 0 Å². The third kappa shape index (κ3) is 2.05. The lowest BCUT2D eigenvalue weighted by molar-refractivity contribution is 0.161. The van der Waals surface area contributed by atoms with Crippen LogP contribution in [0.4, 0.5) is 0 Å². The molecule has 2 atom stereocenters. The number of rotatable bonds is 3. The van der Waals surface area contributed by atoms with Crippen molar-refractivity contribution < 1.29 is 0 Å². The van der Waals surface area contributed by atoms with E-state index in [-0.39, 0.29) is 0 Å². The summed E-state index contributed by atoms with van der Waals surface area (Å²) in [5.41, 5.74) is 7.27. The second-order valence-electron chi connectivity index (χ2n) is 6.56. The van der Waals surface area contributed by atoms with Gasteiger partial charge >= 0.3 is 0 Å². The van der Waals surface area contributed by atoms with Crippen molar-refractivity contribution in [2.24, 2.45) is 5.73 Å². The van der Waals surface area contributed by atoms with Gasteiger partial charge in [-0.25, -0.2) is 4.98 Å². The van der Waals surface area contributed by atoms with Crippen molar-refractivity contribution in [3.05, 3.63) is 15.6 Å². The average Bonchev–Trinajstić information content (AvgIpc) is 3.15. The minimum absolute atomic E-state index is 0.684. The number of hydrogen-bond donors (Lipinski definition) is 1. The van der Waals surface area contributed by atoms with Gasteiger partial charge in [0.15, 0.2) is 0 Å². The van der Waals surface area contributed by atoms with Crippen LogP contribution in [0, 0.1) is 0 Å². The Kier molecular flexibility index (Phi) is 2.94. The van der Waals surface area contributed by atoms with Crippen LogP contribution in [0.5, 0.6) is 0 Å². The zero-order chi connectivity index (χ0) is 13.0. The Labute approximate surface area is 119 Å². The fourth-order valence-electron chi connectivity index (χ4n) is 3.99. The zero-order valence-corrected chi connectivity index (χ0v) is 12.5. The normalized spacial score (nSPS) is 34.9. The predicted molar refractivity (Wildman–Crippen MR) is 78.5 cm³/mol. The molecule has 2 saturated heterocycles. The SMILES string of the molecule is CN1C2CCC1CC(c1nc(C3CC3)c(CN)s1)C2. The van der Waals surface area contributed by atoms with Crippen LogP contribution in [0.1, 0.15) is 65.9 Å². The maximum atomic E-state index is 5.91. The molecule has 104 valence electrons. The molecule has 3 heterocycles. The summed E-state index contributed by atoms with van der Waals surface area (Å²) in [7, 11) is 2.31. The Hall–Kier alpha value is -0.450. The minimum Gasteiger partial charge on any atom is -0.326 e. The molecule has 3 aliphatic rings. The molecule has 2 N–H and O–H groups in total. The first kappa shape index (κ1) is 12.3. The van der Waals surface area contributed by atoms with E-state index in [4.69, 9.17) is 10.7 Å². The molecule has 0 spiro atoms. The number of piperidine rings is 1. The number of hydrogen-bond acceptors (Lipinski definition) is 4. The zero-order valence-electron chi connectivity index (χ0n) is 11.6. The summed E-state index contributed by atoms with van der Waals surface area (Å²) in [6.07, 6.45) is 8.07. The van der Waals surface area contributed by atoms with Crippen LogP contribution >= 0.6 is 11.3 Å². The summed E-state index contributed by atoms with van der Waals surface area (Å²) < 4.78 is 0. The van der Waals surface area contributed by atoms with Crippen molar-refractivity contribution in [2.75, 3.05) is 7.05 Å². The van der Waals surface area contributed by atoms with Crippen molar-refractivity contribution in [1.82, 2.24) is 9.88 Å². The lowest BCUT2D eigenvalue weighted by Crippen LogP contribution is -2.39. The Balaban J connectivity index is 1.59. The van der Waals surface area contributed by atoms with E-state index in [2.05, 4.69) is 11.9 Å². The van der Waals surface area contributed by atoms with Crippen molar-refractivity contribution >= 4 is 11.3 Å². The first-order chi connectivity index (χ1) is 9.26. The van der Waals surface area contributed by atoms with Gasteiger partial charge in [-0.1, -0.05) is 0 Å². The van der Waals surface area contributed by atoms with Gasteiger partial charge in [0.1, 0.15) is 0 Å². The van der Waals surface area contributed by atoms with Crippen molar-refractivity contribution in [2.45, 2.75) is 69.0 Å². The van der Waals surface area contributed by atoms with Crippen molar-refractivity contribution in [1.29, 1.82) is 0 Å². The van der Waals surface area contributed by atoms with Gasteiger partial charge in [-0.2, -0.15) is 0 Å². The van der Waals surface area contributed by atoms with Crippen LogP contribution in [0.2, 0.25) is 0 Å². The molecule has 3 fully saturated rings. The number of aromatic nitrogens is 1. The highest BCUT2D eigenvalue weighted by Crippen LogP contribution is 2.47. The van der Waals surface area contributed by atoms with Gasteiger partial charge in [0, 0.05) is 35.3 Å². The summed E-state index contributed by atoms with van der Waals surface area (Å²) in [4.78, 5) is 8.98. The fourth-order valence-corrected chi connectivity index (χ4v) is 5.15. The maximum absolute atomic E-state index is 5.91. The number of fused-ring (bicyclic) bond motifs is 2. The summed E-state index contributed by atoms with van der Waals surface area (Å²) in [5, 5.41) is 1.40. The third-order valence-corrected chi connectivity index (χ3v) is 6.60. The van der Waals surface area contributed by atoms with E-state index in [1.807, 2.05) is 11.3 Å². The largest absolute Gasteiger partial charge is 0.326 e. The van der Waals surface area contributed by atoms with Crippen LogP contribution in [-0.2, 0) is 6.54 Å². The standard InChI is InChI=1S/C15H23N3S/c1-18-11-4-5-12(18)7-10(6-11)15-17-14(9-2-3-9)13(8-16)19-15/h9-12H,2-8,16H2,1H3. The Morgan fingerprint density at radius 1 is 1.16 bits per heavy atom. The highest BCUT2D eigenvalue weighted by atomic mass is 32.1. The molecule has 1 aromatic rings. The smallest absolute Gasteiger partial charge is 0.0963 e. The molecule has 1 aliphatic carbocycles. The van der Waals surface area contributed by atoms with Crippen LogP contribution < -0.4 is 5.73 Å². The molecule has 0 aromatic carbocycles. The fraction of sp³-hybridized carbons (Fsp3) is 0.800. The van der Waals surface area contributed by atoms with E-state index in [9.17, 15) is 0 Å². The predicted octanol–water partition coefficient (Wildman–Crippen LogP) is 2.82. The van der Waals surface area contributed by atoms with E-state index in [1.54, 1.807) is 0 Å². The quantitative estimate of drug-likeness (QED) is 0.924. The Bertz CT molecular complexity index is 466. The van der Waals surface area contributed by atoms with E-state index in [0.29, 0.717) is 12.5 Å². The Morgan fingerprint density at radius 3 is 2.42 bits per heavy atom. The molecule has 4 heteroatoms. The van der Waals surface area contributed by atoms with E-state index < -0.39 is 0 Å². The minimum atomic E-state index is 0.684. The molecular formula is C15H23N3S. The third-order valence-electron chi connectivity index (χ3n) is 5.34. The molecular weight excluding hydrogens is 254 g/mol. The van der Waals surface area contributed by atoms with Crippen LogP contribution in [0.3, 0.4) is 0 Å². The van der Waals surface area contributed by atoms with E-state index in [1.165, 1.54) is 54.1 Å². The monoisotopic (exact) mass is 277 g/mol. The molecule has 2 unspecified atom stereocenters. The summed E-state index contributed by atoms with van der Waals surface area (Å²) in [6, 6.07) is 1.61. The summed E-state index contributed by atoms with van der Waals surface area (Å²) >= 11 is 1.91. The molecule has 2 bridgehead atoms. The lowest BCUT2D eigenvalue weighted by Gasteiger charge is -2.35. The van der Waals surface area contributed by atoms with Gasteiger partial charge in [-0.05, 0) is 45.6 Å². The summed E-state index contributed by atoms with van der Waals surface area (Å²) in [5.74, 6) is 1.45. The molecule has 3 nitrogen and oxygen atoms in total. The van der Waals surface area contributed by atoms with Crippen molar-refractivity contribution in [3.8, 4) is 0 Å². The second kappa shape index (κ2) is 4.54. The molecule has 4 rings (SSSR count). The van der Waals surface area contributed by atoms with Crippen molar-refractivity contribution in [3.63, 3.8) is 0 Å². The van der Waals surface area contributed by atoms with E-state index >= 15 is 0 Å².